The highest BCUT2D eigenvalue weighted by molar-refractivity contribution is 5.93. The average molecular weight is 374 g/mol. The van der Waals surface area contributed by atoms with Crippen molar-refractivity contribution in [3.8, 4) is 0 Å². The lowest BCUT2D eigenvalue weighted by Gasteiger charge is -2.44. The van der Waals surface area contributed by atoms with Gasteiger partial charge in [0.1, 0.15) is 5.76 Å². The summed E-state index contributed by atoms with van der Waals surface area (Å²) in [5.41, 5.74) is -0.730. The first-order chi connectivity index (χ1) is 13.0. The Balaban J connectivity index is 1.50. The molecule has 0 saturated carbocycles. The van der Waals surface area contributed by atoms with Gasteiger partial charge in [0.25, 0.3) is 5.91 Å². The van der Waals surface area contributed by atoms with E-state index in [1.54, 1.807) is 11.8 Å². The molecule has 4 rings (SSSR count). The van der Waals surface area contributed by atoms with Gasteiger partial charge in [0.05, 0.1) is 5.41 Å². The van der Waals surface area contributed by atoms with Gasteiger partial charge < -0.3 is 19.0 Å². The zero-order valence-corrected chi connectivity index (χ0v) is 15.7. The molecule has 3 fully saturated rings. The van der Waals surface area contributed by atoms with Crippen LogP contribution in [-0.2, 0) is 9.53 Å². The van der Waals surface area contributed by atoms with Crippen molar-refractivity contribution in [2.45, 2.75) is 45.1 Å². The highest BCUT2D eigenvalue weighted by atomic mass is 16.5. The normalized spacial score (nSPS) is 26.8. The third kappa shape index (κ3) is 3.40. The predicted molar refractivity (Wildman–Crippen MR) is 97.5 cm³/mol. The molecule has 0 bridgehead atoms. The Kier molecular flexibility index (Phi) is 4.80. The second kappa shape index (κ2) is 7.11. The SMILES string of the molecule is Cc1cc(=O)cc(C(=O)N2CC[C@]3(CCCN(C4CCOCC4)C3=O)C2)o1. The fraction of sp³-hybridized carbons (Fsp3) is 0.650. The highest BCUT2D eigenvalue weighted by Crippen LogP contribution is 2.41. The lowest BCUT2D eigenvalue weighted by atomic mass is 9.77. The third-order valence-electron chi connectivity index (χ3n) is 6.14. The van der Waals surface area contributed by atoms with Gasteiger partial charge in [-0.3, -0.25) is 14.4 Å². The Hall–Kier alpha value is -2.15. The van der Waals surface area contributed by atoms with Crippen LogP contribution in [0.3, 0.4) is 0 Å². The van der Waals surface area contributed by atoms with E-state index in [-0.39, 0.29) is 29.0 Å². The second-order valence-electron chi connectivity index (χ2n) is 7.97. The van der Waals surface area contributed by atoms with Gasteiger partial charge in [-0.1, -0.05) is 0 Å². The molecular weight excluding hydrogens is 348 g/mol. The van der Waals surface area contributed by atoms with Crippen LogP contribution in [0.5, 0.6) is 0 Å². The Labute approximate surface area is 158 Å². The number of aryl methyl sites for hydroxylation is 1. The molecule has 3 aliphatic heterocycles. The van der Waals surface area contributed by atoms with Gasteiger partial charge in [0.2, 0.25) is 5.91 Å². The smallest absolute Gasteiger partial charge is 0.289 e. The number of nitrogens with zero attached hydrogens (tertiary/aromatic N) is 2. The third-order valence-corrected chi connectivity index (χ3v) is 6.14. The summed E-state index contributed by atoms with van der Waals surface area (Å²) in [5.74, 6) is 0.353. The number of rotatable bonds is 2. The molecule has 1 atom stereocenters. The molecule has 0 aliphatic carbocycles. The first-order valence-electron chi connectivity index (χ1n) is 9.78. The van der Waals surface area contributed by atoms with E-state index < -0.39 is 5.41 Å². The van der Waals surface area contributed by atoms with Gasteiger partial charge in [-0.05, 0) is 39.0 Å². The molecule has 1 aromatic heterocycles. The van der Waals surface area contributed by atoms with Crippen LogP contribution in [0.1, 0.15) is 48.4 Å². The topological polar surface area (TPSA) is 80.1 Å². The van der Waals surface area contributed by atoms with Crippen molar-refractivity contribution >= 4 is 11.8 Å². The maximum atomic E-state index is 13.3. The van der Waals surface area contributed by atoms with Gasteiger partial charge in [-0.2, -0.15) is 0 Å². The second-order valence-corrected chi connectivity index (χ2v) is 7.97. The zero-order valence-electron chi connectivity index (χ0n) is 15.7. The summed E-state index contributed by atoms with van der Waals surface area (Å²) in [4.78, 5) is 41.6. The number of ether oxygens (including phenoxy) is 1. The fourth-order valence-corrected chi connectivity index (χ4v) is 4.74. The summed E-state index contributed by atoms with van der Waals surface area (Å²) in [7, 11) is 0. The van der Waals surface area contributed by atoms with Crippen molar-refractivity contribution in [2.24, 2.45) is 5.41 Å². The van der Waals surface area contributed by atoms with Crippen molar-refractivity contribution in [1.29, 1.82) is 0 Å². The van der Waals surface area contributed by atoms with Crippen LogP contribution in [0.2, 0.25) is 0 Å². The largest absolute Gasteiger partial charge is 0.456 e. The quantitative estimate of drug-likeness (QED) is 0.785. The standard InChI is InChI=1S/C20H26N2O5/c1-14-11-16(23)12-17(27-14)18(24)21-8-6-20(13-21)5-2-7-22(19(20)25)15-3-9-26-10-4-15/h11-12,15H,2-10,13H2,1H3/t20-/m1/s1. The Morgan fingerprint density at radius 1 is 1.15 bits per heavy atom. The first kappa shape index (κ1) is 18.2. The van der Waals surface area contributed by atoms with E-state index in [2.05, 4.69) is 0 Å². The fourth-order valence-electron chi connectivity index (χ4n) is 4.74. The van der Waals surface area contributed by atoms with E-state index in [4.69, 9.17) is 9.15 Å². The zero-order chi connectivity index (χ0) is 19.0. The lowest BCUT2D eigenvalue weighted by molar-refractivity contribution is -0.150. The maximum absolute atomic E-state index is 13.3. The van der Waals surface area contributed by atoms with Crippen molar-refractivity contribution in [3.05, 3.63) is 33.9 Å². The first-order valence-corrected chi connectivity index (χ1v) is 9.78. The maximum Gasteiger partial charge on any atom is 0.289 e. The lowest BCUT2D eigenvalue weighted by Crippen LogP contribution is -2.55. The van der Waals surface area contributed by atoms with Gasteiger partial charge in [-0.25, -0.2) is 0 Å². The molecule has 0 N–H and O–H groups in total. The highest BCUT2D eigenvalue weighted by Gasteiger charge is 2.50. The summed E-state index contributed by atoms with van der Waals surface area (Å²) in [5, 5.41) is 0. The molecule has 27 heavy (non-hydrogen) atoms. The number of hydrogen-bond donors (Lipinski definition) is 0. The number of amides is 2. The molecule has 0 aromatic carbocycles. The van der Waals surface area contributed by atoms with E-state index in [9.17, 15) is 14.4 Å². The molecule has 2 amide bonds. The van der Waals surface area contributed by atoms with Crippen molar-refractivity contribution < 1.29 is 18.7 Å². The van der Waals surface area contributed by atoms with Crippen LogP contribution in [-0.4, -0.2) is 60.5 Å². The molecular formula is C20H26N2O5. The Morgan fingerprint density at radius 2 is 1.93 bits per heavy atom. The molecule has 4 heterocycles. The number of carbonyl (C=O) groups excluding carboxylic acids is 2. The summed E-state index contributed by atoms with van der Waals surface area (Å²) >= 11 is 0. The van der Waals surface area contributed by atoms with Crippen molar-refractivity contribution in [2.75, 3.05) is 32.8 Å². The van der Waals surface area contributed by atoms with Crippen LogP contribution in [0.4, 0.5) is 0 Å². The van der Waals surface area contributed by atoms with Crippen molar-refractivity contribution in [1.82, 2.24) is 9.80 Å². The Morgan fingerprint density at radius 3 is 2.67 bits per heavy atom. The van der Waals surface area contributed by atoms with Crippen LogP contribution in [0, 0.1) is 12.3 Å². The minimum absolute atomic E-state index is 0.0570. The number of piperidine rings is 1. The molecule has 1 aromatic rings. The minimum atomic E-state index is -0.490. The summed E-state index contributed by atoms with van der Waals surface area (Å²) in [6, 6.07) is 2.85. The number of hydrogen-bond acceptors (Lipinski definition) is 5. The van der Waals surface area contributed by atoms with Gasteiger partial charge in [0.15, 0.2) is 11.2 Å². The van der Waals surface area contributed by atoms with E-state index in [0.717, 1.165) is 32.2 Å². The van der Waals surface area contributed by atoms with Crippen LogP contribution >= 0.6 is 0 Å². The van der Waals surface area contributed by atoms with Crippen LogP contribution in [0.15, 0.2) is 21.3 Å². The van der Waals surface area contributed by atoms with Crippen molar-refractivity contribution in [3.63, 3.8) is 0 Å². The predicted octanol–water partition coefficient (Wildman–Crippen LogP) is 1.58. The van der Waals surface area contributed by atoms with E-state index >= 15 is 0 Å². The van der Waals surface area contributed by atoms with Crippen LogP contribution in [0.25, 0.3) is 0 Å². The van der Waals surface area contributed by atoms with Gasteiger partial charge in [0, 0.05) is 51.0 Å². The minimum Gasteiger partial charge on any atom is -0.456 e. The number of carbonyl (C=O) groups is 2. The molecule has 7 heteroatoms. The van der Waals surface area contributed by atoms with E-state index in [1.165, 1.54) is 12.1 Å². The summed E-state index contributed by atoms with van der Waals surface area (Å²) < 4.78 is 10.9. The number of likely N-dealkylation sites (tertiary alicyclic amines) is 2. The molecule has 1 spiro atoms. The Bertz CT molecular complexity index is 798. The van der Waals surface area contributed by atoms with Gasteiger partial charge >= 0.3 is 0 Å². The summed E-state index contributed by atoms with van der Waals surface area (Å²) in [6.07, 6.45) is 4.23. The van der Waals surface area contributed by atoms with Crippen LogP contribution < -0.4 is 5.43 Å². The summed E-state index contributed by atoms with van der Waals surface area (Å²) in [6.45, 7) is 4.79. The van der Waals surface area contributed by atoms with E-state index in [1.807, 2.05) is 4.90 Å². The van der Waals surface area contributed by atoms with Gasteiger partial charge in [-0.15, -0.1) is 0 Å². The molecule has 7 nitrogen and oxygen atoms in total. The monoisotopic (exact) mass is 374 g/mol. The van der Waals surface area contributed by atoms with E-state index in [0.29, 0.717) is 38.5 Å². The molecule has 3 aliphatic rings. The molecule has 146 valence electrons. The molecule has 3 saturated heterocycles. The molecule has 0 radical (unpaired) electrons. The molecule has 0 unspecified atom stereocenters. The average Bonchev–Trinajstić information content (AvgIpc) is 3.08.